The zero-order chi connectivity index (χ0) is 14.4. The molecule has 1 N–H and O–H groups in total. The van der Waals surface area contributed by atoms with Crippen molar-refractivity contribution in [3.05, 3.63) is 12.2 Å². The summed E-state index contributed by atoms with van der Waals surface area (Å²) in [5.74, 6) is 1.72. The van der Waals surface area contributed by atoms with Crippen LogP contribution in [-0.2, 0) is 14.8 Å². The summed E-state index contributed by atoms with van der Waals surface area (Å²) in [6.45, 7) is 1.40. The van der Waals surface area contributed by atoms with Crippen LogP contribution in [0.5, 0.6) is 0 Å². The maximum absolute atomic E-state index is 12.1. The van der Waals surface area contributed by atoms with Crippen molar-refractivity contribution >= 4 is 27.7 Å². The summed E-state index contributed by atoms with van der Waals surface area (Å²) >= 11 is 1.78. The number of thioether (sulfide) groups is 1. The molecule has 114 valence electrons. The lowest BCUT2D eigenvalue weighted by atomic mass is 9.94. The van der Waals surface area contributed by atoms with Crippen LogP contribution >= 0.6 is 11.8 Å². The summed E-state index contributed by atoms with van der Waals surface area (Å²) in [6.07, 6.45) is 6.67. The van der Waals surface area contributed by atoms with Gasteiger partial charge in [-0.1, -0.05) is 12.2 Å². The second-order valence-corrected chi connectivity index (χ2v) is 8.41. The summed E-state index contributed by atoms with van der Waals surface area (Å²) in [6, 6.07) is 0. The van der Waals surface area contributed by atoms with Gasteiger partial charge in [-0.2, -0.15) is 11.8 Å². The number of hydrogen-bond acceptors (Lipinski definition) is 4. The van der Waals surface area contributed by atoms with Crippen molar-refractivity contribution in [2.24, 2.45) is 5.92 Å². The topological polar surface area (TPSA) is 66.5 Å². The van der Waals surface area contributed by atoms with Crippen LogP contribution in [0.3, 0.4) is 0 Å². The molecule has 0 radical (unpaired) electrons. The third-order valence-electron chi connectivity index (χ3n) is 3.66. The van der Waals surface area contributed by atoms with Gasteiger partial charge < -0.3 is 5.32 Å². The molecule has 7 heteroatoms. The first-order valence-corrected chi connectivity index (χ1v) is 9.84. The molecule has 0 unspecified atom stereocenters. The minimum Gasteiger partial charge on any atom is -0.355 e. The van der Waals surface area contributed by atoms with E-state index in [1.165, 1.54) is 0 Å². The Kier molecular flexibility index (Phi) is 5.92. The Hall–Kier alpha value is -0.530. The molecule has 20 heavy (non-hydrogen) atoms. The normalized spacial score (nSPS) is 24.5. The van der Waals surface area contributed by atoms with E-state index in [0.717, 1.165) is 30.8 Å². The SMILES string of the molecule is O=C(NCCS(=O)(=O)N1CCSCC1)[C@H]1CC=CCC1. The average Bonchev–Trinajstić information content (AvgIpc) is 2.49. The zero-order valence-electron chi connectivity index (χ0n) is 11.6. The molecular formula is C13H22N2O3S2. The van der Waals surface area contributed by atoms with Gasteiger partial charge in [-0.3, -0.25) is 4.79 Å². The van der Waals surface area contributed by atoms with Crippen molar-refractivity contribution in [1.29, 1.82) is 0 Å². The Morgan fingerprint density at radius 3 is 2.70 bits per heavy atom. The van der Waals surface area contributed by atoms with Crippen LogP contribution in [0.1, 0.15) is 19.3 Å². The molecule has 2 aliphatic rings. The van der Waals surface area contributed by atoms with Crippen LogP contribution in [0.4, 0.5) is 0 Å². The fraction of sp³-hybridized carbons (Fsp3) is 0.769. The largest absolute Gasteiger partial charge is 0.355 e. The first-order chi connectivity index (χ1) is 9.59. The van der Waals surface area contributed by atoms with Gasteiger partial charge in [0.1, 0.15) is 0 Å². The molecule has 0 aromatic heterocycles. The summed E-state index contributed by atoms with van der Waals surface area (Å²) in [5.41, 5.74) is 0. The van der Waals surface area contributed by atoms with E-state index in [9.17, 15) is 13.2 Å². The van der Waals surface area contributed by atoms with Crippen LogP contribution < -0.4 is 5.32 Å². The molecule has 1 aliphatic heterocycles. The number of nitrogens with one attached hydrogen (secondary N) is 1. The number of allylic oxidation sites excluding steroid dienone is 2. The van der Waals surface area contributed by atoms with E-state index in [0.29, 0.717) is 13.1 Å². The van der Waals surface area contributed by atoms with Gasteiger partial charge in [-0.05, 0) is 19.3 Å². The molecule has 1 atom stereocenters. The van der Waals surface area contributed by atoms with E-state index in [4.69, 9.17) is 0 Å². The molecule has 1 aliphatic carbocycles. The minimum absolute atomic E-state index is 0.00592. The number of amides is 1. The van der Waals surface area contributed by atoms with Gasteiger partial charge in [0.25, 0.3) is 0 Å². The summed E-state index contributed by atoms with van der Waals surface area (Å²) < 4.78 is 25.7. The van der Waals surface area contributed by atoms with Gasteiger partial charge in [0.05, 0.1) is 5.75 Å². The van der Waals surface area contributed by atoms with Gasteiger partial charge in [0, 0.05) is 37.1 Å². The van der Waals surface area contributed by atoms with Gasteiger partial charge in [-0.15, -0.1) is 0 Å². The number of rotatable bonds is 5. The molecule has 1 heterocycles. The number of carbonyl (C=O) groups excluding carboxylic acids is 1. The van der Waals surface area contributed by atoms with Gasteiger partial charge in [-0.25, -0.2) is 12.7 Å². The molecule has 0 aromatic rings. The Morgan fingerprint density at radius 2 is 2.05 bits per heavy atom. The van der Waals surface area contributed by atoms with Crippen molar-refractivity contribution in [3.8, 4) is 0 Å². The molecule has 0 saturated carbocycles. The van der Waals surface area contributed by atoms with Crippen molar-refractivity contribution in [1.82, 2.24) is 9.62 Å². The zero-order valence-corrected chi connectivity index (χ0v) is 13.2. The summed E-state index contributed by atoms with van der Waals surface area (Å²) in [5, 5.41) is 2.76. The third kappa shape index (κ3) is 4.49. The molecular weight excluding hydrogens is 296 g/mol. The number of nitrogens with zero attached hydrogens (tertiary/aromatic N) is 1. The standard InChI is InChI=1S/C13H22N2O3S2/c16-13(12-4-2-1-3-5-12)14-6-11-20(17,18)15-7-9-19-10-8-15/h1-2,12H,3-11H2,(H,14,16)/t12-/m0/s1. The van der Waals surface area contributed by atoms with Gasteiger partial charge in [0.15, 0.2) is 0 Å². The molecule has 1 saturated heterocycles. The van der Waals surface area contributed by atoms with Gasteiger partial charge in [0.2, 0.25) is 15.9 Å². The van der Waals surface area contributed by atoms with Crippen LogP contribution in [0, 0.1) is 5.92 Å². The second-order valence-electron chi connectivity index (χ2n) is 5.10. The number of sulfonamides is 1. The number of hydrogen-bond donors (Lipinski definition) is 1. The van der Waals surface area contributed by atoms with E-state index >= 15 is 0 Å². The van der Waals surface area contributed by atoms with Crippen molar-refractivity contribution < 1.29 is 13.2 Å². The first kappa shape index (κ1) is 15.9. The van der Waals surface area contributed by atoms with E-state index < -0.39 is 10.0 Å². The Labute approximate surface area is 125 Å². The lowest BCUT2D eigenvalue weighted by Gasteiger charge is -2.25. The van der Waals surface area contributed by atoms with Crippen molar-refractivity contribution in [2.45, 2.75) is 19.3 Å². The lowest BCUT2D eigenvalue weighted by molar-refractivity contribution is -0.125. The van der Waals surface area contributed by atoms with Crippen molar-refractivity contribution in [3.63, 3.8) is 0 Å². The molecule has 2 rings (SSSR count). The van der Waals surface area contributed by atoms with Crippen LogP contribution in [0.15, 0.2) is 12.2 Å². The Bertz CT molecular complexity index is 456. The maximum atomic E-state index is 12.1. The van der Waals surface area contributed by atoms with E-state index in [2.05, 4.69) is 11.4 Å². The van der Waals surface area contributed by atoms with E-state index in [-0.39, 0.29) is 24.1 Å². The van der Waals surface area contributed by atoms with Crippen LogP contribution in [0.25, 0.3) is 0 Å². The highest BCUT2D eigenvalue weighted by Gasteiger charge is 2.24. The smallest absolute Gasteiger partial charge is 0.223 e. The van der Waals surface area contributed by atoms with Gasteiger partial charge >= 0.3 is 0 Å². The highest BCUT2D eigenvalue weighted by molar-refractivity contribution is 7.99. The molecule has 0 bridgehead atoms. The fourth-order valence-corrected chi connectivity index (χ4v) is 4.92. The maximum Gasteiger partial charge on any atom is 0.223 e. The molecule has 5 nitrogen and oxygen atoms in total. The quantitative estimate of drug-likeness (QED) is 0.763. The second kappa shape index (κ2) is 7.47. The van der Waals surface area contributed by atoms with Crippen molar-refractivity contribution in [2.75, 3.05) is 36.9 Å². The van der Waals surface area contributed by atoms with Crippen LogP contribution in [0.2, 0.25) is 0 Å². The van der Waals surface area contributed by atoms with E-state index in [1.54, 1.807) is 16.1 Å². The van der Waals surface area contributed by atoms with Crippen LogP contribution in [-0.4, -0.2) is 55.5 Å². The Balaban J connectivity index is 1.74. The summed E-state index contributed by atoms with van der Waals surface area (Å²) in [7, 11) is -3.22. The fourth-order valence-electron chi connectivity index (χ4n) is 2.43. The molecule has 1 fully saturated rings. The third-order valence-corrected chi connectivity index (χ3v) is 6.48. The number of carbonyl (C=O) groups is 1. The predicted octanol–water partition coefficient (Wildman–Crippen LogP) is 0.838. The average molecular weight is 318 g/mol. The molecule has 1 amide bonds. The highest BCUT2D eigenvalue weighted by atomic mass is 32.2. The first-order valence-electron chi connectivity index (χ1n) is 7.08. The highest BCUT2D eigenvalue weighted by Crippen LogP contribution is 2.18. The Morgan fingerprint density at radius 1 is 1.30 bits per heavy atom. The molecule has 0 aromatic carbocycles. The lowest BCUT2D eigenvalue weighted by Crippen LogP contribution is -2.42. The minimum atomic E-state index is -3.22. The summed E-state index contributed by atoms with van der Waals surface area (Å²) in [4.78, 5) is 11.9. The molecule has 0 spiro atoms. The van der Waals surface area contributed by atoms with E-state index in [1.807, 2.05) is 6.08 Å². The predicted molar refractivity (Wildman–Crippen MR) is 82.2 cm³/mol. The monoisotopic (exact) mass is 318 g/mol.